The van der Waals surface area contributed by atoms with Gasteiger partial charge in [0.05, 0.1) is 6.61 Å². The Kier molecular flexibility index (Phi) is 8.47. The quantitative estimate of drug-likeness (QED) is 0.703. The monoisotopic (exact) mass is 264 g/mol. The molecule has 0 aliphatic heterocycles. The largest absolute Gasteiger partial charge is 0.383 e. The van der Waals surface area contributed by atoms with Crippen molar-refractivity contribution in [2.75, 3.05) is 40.4 Å². The lowest BCUT2D eigenvalue weighted by Crippen LogP contribution is -2.29. The van der Waals surface area contributed by atoms with Crippen LogP contribution < -0.4 is 5.32 Å². The molecule has 1 aromatic carbocycles. The van der Waals surface area contributed by atoms with Gasteiger partial charge in [0.15, 0.2) is 0 Å². The van der Waals surface area contributed by atoms with Gasteiger partial charge in [-0.2, -0.15) is 0 Å². The topological polar surface area (TPSA) is 24.5 Å². The third kappa shape index (κ3) is 6.71. The lowest BCUT2D eigenvalue weighted by atomic mass is 10.0. The molecular weight excluding hydrogens is 236 g/mol. The van der Waals surface area contributed by atoms with Gasteiger partial charge in [-0.05, 0) is 38.5 Å². The van der Waals surface area contributed by atoms with Crippen LogP contribution >= 0.6 is 0 Å². The van der Waals surface area contributed by atoms with Crippen LogP contribution in [0.1, 0.15) is 31.4 Å². The van der Waals surface area contributed by atoms with E-state index >= 15 is 0 Å². The van der Waals surface area contributed by atoms with Gasteiger partial charge in [-0.25, -0.2) is 0 Å². The summed E-state index contributed by atoms with van der Waals surface area (Å²) in [7, 11) is 3.91. The molecule has 1 unspecified atom stereocenters. The van der Waals surface area contributed by atoms with Crippen LogP contribution in [-0.4, -0.2) is 45.3 Å². The average Bonchev–Trinajstić information content (AvgIpc) is 2.46. The molecule has 0 saturated carbocycles. The van der Waals surface area contributed by atoms with E-state index in [9.17, 15) is 0 Å². The second-order valence-electron chi connectivity index (χ2n) is 5.00. The fourth-order valence-corrected chi connectivity index (χ4v) is 2.10. The first kappa shape index (κ1) is 16.2. The van der Waals surface area contributed by atoms with Gasteiger partial charge in [0, 0.05) is 19.7 Å². The summed E-state index contributed by atoms with van der Waals surface area (Å²) in [4.78, 5) is 2.33. The Balaban J connectivity index is 2.46. The van der Waals surface area contributed by atoms with Crippen LogP contribution in [0, 0.1) is 0 Å². The lowest BCUT2D eigenvalue weighted by molar-refractivity contribution is 0.158. The van der Waals surface area contributed by atoms with Gasteiger partial charge in [-0.1, -0.05) is 37.3 Å². The van der Waals surface area contributed by atoms with Crippen molar-refractivity contribution in [3.63, 3.8) is 0 Å². The minimum absolute atomic E-state index is 0.450. The first-order valence-corrected chi connectivity index (χ1v) is 7.23. The number of methoxy groups -OCH3 is 1. The van der Waals surface area contributed by atoms with Crippen LogP contribution in [0.15, 0.2) is 30.3 Å². The highest BCUT2D eigenvalue weighted by atomic mass is 16.5. The molecule has 0 aromatic heterocycles. The van der Waals surface area contributed by atoms with E-state index in [-0.39, 0.29) is 0 Å². The first-order chi connectivity index (χ1) is 9.27. The second kappa shape index (κ2) is 9.96. The number of benzene rings is 1. The molecule has 0 heterocycles. The smallest absolute Gasteiger partial charge is 0.0589 e. The Morgan fingerprint density at radius 2 is 1.95 bits per heavy atom. The minimum atomic E-state index is 0.450. The number of hydrogen-bond donors (Lipinski definition) is 1. The molecule has 108 valence electrons. The van der Waals surface area contributed by atoms with Crippen LogP contribution in [0.4, 0.5) is 0 Å². The third-order valence-corrected chi connectivity index (χ3v) is 3.32. The average molecular weight is 264 g/mol. The van der Waals surface area contributed by atoms with E-state index in [1.165, 1.54) is 12.0 Å². The maximum absolute atomic E-state index is 5.11. The number of likely N-dealkylation sites (N-methyl/N-ethyl adjacent to an activating group) is 1. The molecule has 0 fully saturated rings. The maximum Gasteiger partial charge on any atom is 0.0589 e. The van der Waals surface area contributed by atoms with Crippen LogP contribution in [0.2, 0.25) is 0 Å². The summed E-state index contributed by atoms with van der Waals surface area (Å²) in [5.41, 5.74) is 1.39. The van der Waals surface area contributed by atoms with Crippen LogP contribution in [0.25, 0.3) is 0 Å². The van der Waals surface area contributed by atoms with Crippen molar-refractivity contribution in [2.45, 2.75) is 25.8 Å². The highest BCUT2D eigenvalue weighted by Gasteiger charge is 2.11. The van der Waals surface area contributed by atoms with E-state index in [1.54, 1.807) is 7.11 Å². The van der Waals surface area contributed by atoms with Crippen molar-refractivity contribution in [3.8, 4) is 0 Å². The molecule has 0 aliphatic rings. The third-order valence-electron chi connectivity index (χ3n) is 3.32. The summed E-state index contributed by atoms with van der Waals surface area (Å²) >= 11 is 0. The molecule has 0 saturated heterocycles. The van der Waals surface area contributed by atoms with Crippen LogP contribution in [-0.2, 0) is 4.74 Å². The van der Waals surface area contributed by atoms with Gasteiger partial charge in [0.25, 0.3) is 0 Å². The number of nitrogens with zero attached hydrogens (tertiary/aromatic N) is 1. The molecule has 1 aromatic rings. The molecule has 1 N–H and O–H groups in total. The van der Waals surface area contributed by atoms with Crippen molar-refractivity contribution < 1.29 is 4.74 Å². The van der Waals surface area contributed by atoms with Crippen molar-refractivity contribution in [1.29, 1.82) is 0 Å². The molecule has 0 bridgehead atoms. The standard InChI is InChI=1S/C16H28N2O/c1-4-11-17-16(15-8-6-5-7-9-15)10-12-18(2)13-14-19-3/h5-9,16-17H,4,10-14H2,1-3H3. The summed E-state index contributed by atoms with van der Waals surface area (Å²) in [6, 6.07) is 11.2. The lowest BCUT2D eigenvalue weighted by Gasteiger charge is -2.23. The fourth-order valence-electron chi connectivity index (χ4n) is 2.10. The summed E-state index contributed by atoms with van der Waals surface area (Å²) < 4.78 is 5.11. The van der Waals surface area contributed by atoms with E-state index in [1.807, 2.05) is 0 Å². The predicted octanol–water partition coefficient (Wildman–Crippen LogP) is 2.70. The Bertz CT molecular complexity index is 316. The molecule has 0 amide bonds. The summed E-state index contributed by atoms with van der Waals surface area (Å²) in [6.45, 7) is 6.15. The Labute approximate surface area is 118 Å². The molecule has 3 heteroatoms. The zero-order chi connectivity index (χ0) is 13.9. The van der Waals surface area contributed by atoms with Gasteiger partial charge < -0.3 is 15.0 Å². The van der Waals surface area contributed by atoms with E-state index < -0.39 is 0 Å². The normalized spacial score (nSPS) is 12.8. The summed E-state index contributed by atoms with van der Waals surface area (Å²) in [6.07, 6.45) is 2.30. The number of rotatable bonds is 10. The number of hydrogen-bond acceptors (Lipinski definition) is 3. The van der Waals surface area contributed by atoms with E-state index in [0.717, 1.165) is 32.7 Å². The van der Waals surface area contributed by atoms with E-state index in [4.69, 9.17) is 4.74 Å². The highest BCUT2D eigenvalue weighted by molar-refractivity contribution is 5.18. The van der Waals surface area contributed by atoms with Gasteiger partial charge in [-0.15, -0.1) is 0 Å². The molecule has 3 nitrogen and oxygen atoms in total. The predicted molar refractivity (Wildman–Crippen MR) is 81.5 cm³/mol. The van der Waals surface area contributed by atoms with Gasteiger partial charge >= 0.3 is 0 Å². The summed E-state index contributed by atoms with van der Waals surface area (Å²) in [5.74, 6) is 0. The second-order valence-corrected chi connectivity index (χ2v) is 5.00. The van der Waals surface area contributed by atoms with Gasteiger partial charge in [-0.3, -0.25) is 0 Å². The fraction of sp³-hybridized carbons (Fsp3) is 0.625. The number of nitrogens with one attached hydrogen (secondary N) is 1. The van der Waals surface area contributed by atoms with Crippen molar-refractivity contribution >= 4 is 0 Å². The molecule has 0 radical (unpaired) electrons. The van der Waals surface area contributed by atoms with Crippen LogP contribution in [0.5, 0.6) is 0 Å². The molecule has 1 atom stereocenters. The molecule has 0 spiro atoms. The molecule has 1 rings (SSSR count). The maximum atomic E-state index is 5.11. The molecule has 19 heavy (non-hydrogen) atoms. The first-order valence-electron chi connectivity index (χ1n) is 7.23. The van der Waals surface area contributed by atoms with E-state index in [0.29, 0.717) is 6.04 Å². The van der Waals surface area contributed by atoms with Gasteiger partial charge in [0.1, 0.15) is 0 Å². The zero-order valence-electron chi connectivity index (χ0n) is 12.6. The Morgan fingerprint density at radius 1 is 1.21 bits per heavy atom. The van der Waals surface area contributed by atoms with Crippen molar-refractivity contribution in [1.82, 2.24) is 10.2 Å². The summed E-state index contributed by atoms with van der Waals surface area (Å²) in [5, 5.41) is 3.64. The highest BCUT2D eigenvalue weighted by Crippen LogP contribution is 2.16. The van der Waals surface area contributed by atoms with Crippen molar-refractivity contribution in [3.05, 3.63) is 35.9 Å². The minimum Gasteiger partial charge on any atom is -0.383 e. The number of ether oxygens (including phenoxy) is 1. The van der Waals surface area contributed by atoms with Crippen molar-refractivity contribution in [2.24, 2.45) is 0 Å². The Morgan fingerprint density at radius 3 is 2.58 bits per heavy atom. The SMILES string of the molecule is CCCNC(CCN(C)CCOC)c1ccccc1. The molecule has 0 aliphatic carbocycles. The zero-order valence-corrected chi connectivity index (χ0v) is 12.6. The Hall–Kier alpha value is -0.900. The van der Waals surface area contributed by atoms with Crippen LogP contribution in [0.3, 0.4) is 0 Å². The van der Waals surface area contributed by atoms with E-state index in [2.05, 4.69) is 54.5 Å². The van der Waals surface area contributed by atoms with Gasteiger partial charge in [0.2, 0.25) is 0 Å². The molecular formula is C16H28N2O.